The number of aliphatic hydroxyl groups is 1. The number of aliphatic hydroxyl groups excluding tert-OH is 1. The lowest BCUT2D eigenvalue weighted by molar-refractivity contribution is 0.289. The summed E-state index contributed by atoms with van der Waals surface area (Å²) in [6, 6.07) is 0. The van der Waals surface area contributed by atoms with Gasteiger partial charge in [0.15, 0.2) is 0 Å². The van der Waals surface area contributed by atoms with Gasteiger partial charge in [-0.05, 0) is 38.5 Å². The minimum Gasteiger partial charge on any atom is -0.396 e. The molecule has 0 spiro atoms. The lowest BCUT2D eigenvalue weighted by Crippen LogP contribution is -2.08. The Morgan fingerprint density at radius 2 is 1.41 bits per heavy atom. The molecule has 1 aliphatic carbocycles. The predicted octanol–water partition coefficient (Wildman–Crippen LogP) is 5.68. The summed E-state index contributed by atoms with van der Waals surface area (Å²) >= 11 is 0. The summed E-state index contributed by atoms with van der Waals surface area (Å²) in [5, 5.41) is 8.93. The van der Waals surface area contributed by atoms with Crippen molar-refractivity contribution in [3.8, 4) is 0 Å². The van der Waals surface area contributed by atoms with Crippen molar-refractivity contribution in [1.29, 1.82) is 0 Å². The summed E-state index contributed by atoms with van der Waals surface area (Å²) in [5.41, 5.74) is -0.146. The van der Waals surface area contributed by atoms with Crippen LogP contribution in [0.25, 0.3) is 0 Å². The Hall–Kier alpha value is -1.60. The van der Waals surface area contributed by atoms with Gasteiger partial charge in [-0.2, -0.15) is 0 Å². The molecule has 1 atom stereocenters. The smallest absolute Gasteiger partial charge is 0.0433 e. The van der Waals surface area contributed by atoms with Crippen LogP contribution in [0.4, 0.5) is 0 Å². The van der Waals surface area contributed by atoms with Crippen molar-refractivity contribution in [3.05, 3.63) is 72.9 Å². The Labute approximate surface area is 136 Å². The van der Waals surface area contributed by atoms with Crippen LogP contribution in [0, 0.1) is 5.41 Å². The molecule has 0 aromatic rings. The van der Waals surface area contributed by atoms with E-state index in [0.29, 0.717) is 0 Å². The van der Waals surface area contributed by atoms with Gasteiger partial charge in [-0.3, -0.25) is 0 Å². The topological polar surface area (TPSA) is 20.2 Å². The predicted molar refractivity (Wildman–Crippen MR) is 97.7 cm³/mol. The number of rotatable bonds is 6. The SMILES string of the molecule is CC/C=C\C1(/C=C\CCCO)C=CC/C=C\C/C=C\C/C=C\1. The first-order valence-electron chi connectivity index (χ1n) is 8.44. The van der Waals surface area contributed by atoms with Crippen LogP contribution >= 0.6 is 0 Å². The van der Waals surface area contributed by atoms with Gasteiger partial charge in [-0.1, -0.05) is 79.8 Å². The standard InChI is InChI=1S/C21H30O/c1-2-3-16-21(19-14-11-15-20-22)17-12-9-7-5-4-6-8-10-13-18-21/h3,5-8,12-14,16-19,22H,2,4,9-11,15,20H2,1H3/b7-5-,8-6-,16-3-,17-12-,18-13?,19-14-. The van der Waals surface area contributed by atoms with E-state index in [2.05, 4.69) is 79.8 Å². The molecule has 0 saturated heterocycles. The summed E-state index contributed by atoms with van der Waals surface area (Å²) in [6.07, 6.45) is 32.6. The van der Waals surface area contributed by atoms with Crippen LogP contribution in [0.5, 0.6) is 0 Å². The van der Waals surface area contributed by atoms with Crippen LogP contribution in [0.15, 0.2) is 72.9 Å². The van der Waals surface area contributed by atoms with Crippen LogP contribution in [0.1, 0.15) is 45.4 Å². The zero-order valence-electron chi connectivity index (χ0n) is 13.8. The molecule has 1 heteroatoms. The first-order chi connectivity index (χ1) is 10.8. The van der Waals surface area contributed by atoms with E-state index in [1.807, 2.05) is 0 Å². The first kappa shape index (κ1) is 18.4. The molecule has 22 heavy (non-hydrogen) atoms. The third-order valence-electron chi connectivity index (χ3n) is 3.54. The molecule has 0 aliphatic heterocycles. The number of allylic oxidation sites excluding steroid dienone is 12. The maximum Gasteiger partial charge on any atom is 0.0433 e. The first-order valence-corrected chi connectivity index (χ1v) is 8.44. The highest BCUT2D eigenvalue weighted by molar-refractivity contribution is 5.30. The third-order valence-corrected chi connectivity index (χ3v) is 3.54. The molecule has 1 nitrogen and oxygen atoms in total. The summed E-state index contributed by atoms with van der Waals surface area (Å²) in [4.78, 5) is 0. The fourth-order valence-electron chi connectivity index (χ4n) is 2.32. The molecule has 0 fully saturated rings. The van der Waals surface area contributed by atoms with E-state index in [-0.39, 0.29) is 12.0 Å². The highest BCUT2D eigenvalue weighted by Crippen LogP contribution is 2.27. The molecule has 0 heterocycles. The second kappa shape index (κ2) is 12.0. The van der Waals surface area contributed by atoms with E-state index < -0.39 is 0 Å². The average molecular weight is 298 g/mol. The van der Waals surface area contributed by atoms with Crippen molar-refractivity contribution in [2.24, 2.45) is 5.41 Å². The minimum atomic E-state index is -0.146. The second-order valence-electron chi connectivity index (χ2n) is 5.53. The average Bonchev–Trinajstić information content (AvgIpc) is 2.52. The zero-order chi connectivity index (χ0) is 15.9. The molecule has 1 aliphatic rings. The lowest BCUT2D eigenvalue weighted by Gasteiger charge is -2.19. The van der Waals surface area contributed by atoms with Crippen molar-refractivity contribution < 1.29 is 5.11 Å². The van der Waals surface area contributed by atoms with Crippen LogP contribution in [-0.4, -0.2) is 11.7 Å². The van der Waals surface area contributed by atoms with Crippen molar-refractivity contribution in [1.82, 2.24) is 0 Å². The Balaban J connectivity index is 2.98. The summed E-state index contributed by atoms with van der Waals surface area (Å²) < 4.78 is 0. The van der Waals surface area contributed by atoms with Crippen LogP contribution in [0.2, 0.25) is 0 Å². The Kier molecular flexibility index (Phi) is 10.1. The molecular weight excluding hydrogens is 268 g/mol. The summed E-state index contributed by atoms with van der Waals surface area (Å²) in [6.45, 7) is 2.41. The second-order valence-corrected chi connectivity index (χ2v) is 5.53. The maximum atomic E-state index is 8.93. The molecule has 0 bridgehead atoms. The van der Waals surface area contributed by atoms with E-state index in [1.165, 1.54) is 0 Å². The molecule has 0 radical (unpaired) electrons. The molecule has 0 amide bonds. The van der Waals surface area contributed by atoms with Crippen LogP contribution in [0.3, 0.4) is 0 Å². The van der Waals surface area contributed by atoms with Crippen molar-refractivity contribution in [3.63, 3.8) is 0 Å². The van der Waals surface area contributed by atoms with Gasteiger partial charge in [0.1, 0.15) is 0 Å². The van der Waals surface area contributed by atoms with Gasteiger partial charge in [0, 0.05) is 12.0 Å². The van der Waals surface area contributed by atoms with Gasteiger partial charge in [0.2, 0.25) is 0 Å². The van der Waals surface area contributed by atoms with E-state index in [9.17, 15) is 0 Å². The number of hydrogen-bond acceptors (Lipinski definition) is 1. The molecule has 1 unspecified atom stereocenters. The van der Waals surface area contributed by atoms with Gasteiger partial charge in [-0.15, -0.1) is 0 Å². The molecule has 0 saturated carbocycles. The molecule has 120 valence electrons. The Bertz CT molecular complexity index is 423. The molecular formula is C21H30O. The fraction of sp³-hybridized carbons (Fsp3) is 0.429. The molecule has 0 aromatic heterocycles. The molecule has 1 N–H and O–H groups in total. The minimum absolute atomic E-state index is 0.146. The van der Waals surface area contributed by atoms with Crippen LogP contribution < -0.4 is 0 Å². The van der Waals surface area contributed by atoms with Crippen molar-refractivity contribution in [2.75, 3.05) is 6.61 Å². The summed E-state index contributed by atoms with van der Waals surface area (Å²) in [5.74, 6) is 0. The number of hydrogen-bond donors (Lipinski definition) is 1. The van der Waals surface area contributed by atoms with E-state index in [0.717, 1.165) is 38.5 Å². The summed E-state index contributed by atoms with van der Waals surface area (Å²) in [7, 11) is 0. The molecule has 1 rings (SSSR count). The van der Waals surface area contributed by atoms with E-state index in [4.69, 9.17) is 5.11 Å². The van der Waals surface area contributed by atoms with Crippen LogP contribution in [-0.2, 0) is 0 Å². The fourth-order valence-corrected chi connectivity index (χ4v) is 2.32. The quantitative estimate of drug-likeness (QED) is 0.494. The van der Waals surface area contributed by atoms with Gasteiger partial charge in [0.05, 0.1) is 0 Å². The van der Waals surface area contributed by atoms with Gasteiger partial charge >= 0.3 is 0 Å². The monoisotopic (exact) mass is 298 g/mol. The third kappa shape index (κ3) is 7.99. The highest BCUT2D eigenvalue weighted by atomic mass is 16.2. The largest absolute Gasteiger partial charge is 0.396 e. The Morgan fingerprint density at radius 3 is 1.95 bits per heavy atom. The number of unbranched alkanes of at least 4 members (excludes halogenated alkanes) is 1. The highest BCUT2D eigenvalue weighted by Gasteiger charge is 2.15. The zero-order valence-corrected chi connectivity index (χ0v) is 13.8. The normalized spacial score (nSPS) is 27.5. The van der Waals surface area contributed by atoms with Gasteiger partial charge < -0.3 is 5.11 Å². The van der Waals surface area contributed by atoms with Gasteiger partial charge in [0.25, 0.3) is 0 Å². The van der Waals surface area contributed by atoms with Crippen molar-refractivity contribution in [2.45, 2.75) is 45.4 Å². The van der Waals surface area contributed by atoms with Crippen molar-refractivity contribution >= 4 is 0 Å². The van der Waals surface area contributed by atoms with Gasteiger partial charge in [-0.25, -0.2) is 0 Å². The van der Waals surface area contributed by atoms with E-state index in [1.54, 1.807) is 0 Å². The van der Waals surface area contributed by atoms with E-state index >= 15 is 0 Å². The lowest BCUT2D eigenvalue weighted by atomic mass is 9.84. The molecule has 0 aromatic carbocycles. The Morgan fingerprint density at radius 1 is 0.864 bits per heavy atom. The maximum absolute atomic E-state index is 8.93.